The highest BCUT2D eigenvalue weighted by Gasteiger charge is 2.16. The third-order valence-corrected chi connectivity index (χ3v) is 3.80. The van der Waals surface area contributed by atoms with Crippen molar-refractivity contribution in [2.45, 2.75) is 6.42 Å². The Morgan fingerprint density at radius 3 is 2.76 bits per heavy atom. The van der Waals surface area contributed by atoms with Crippen LogP contribution in [0.25, 0.3) is 22.6 Å². The summed E-state index contributed by atoms with van der Waals surface area (Å²) < 4.78 is 20.2. The van der Waals surface area contributed by atoms with Crippen molar-refractivity contribution in [3.05, 3.63) is 65.2 Å². The smallest absolute Gasteiger partial charge is 0.270 e. The second kappa shape index (κ2) is 5.90. The van der Waals surface area contributed by atoms with Gasteiger partial charge in [0.1, 0.15) is 16.7 Å². The number of nitrogens with one attached hydrogen (secondary N) is 1. The van der Waals surface area contributed by atoms with E-state index in [4.69, 9.17) is 9.83 Å². The van der Waals surface area contributed by atoms with Crippen LogP contribution in [0.4, 0.5) is 4.39 Å². The zero-order chi connectivity index (χ0) is 17.4. The Morgan fingerprint density at radius 1 is 1.16 bits per heavy atom. The van der Waals surface area contributed by atoms with E-state index in [2.05, 4.69) is 20.3 Å². The van der Waals surface area contributed by atoms with Crippen LogP contribution < -0.4 is 5.36 Å². The zero-order valence-corrected chi connectivity index (χ0v) is 13.3. The van der Waals surface area contributed by atoms with Crippen LogP contribution in [0, 0.1) is 11.2 Å². The van der Waals surface area contributed by atoms with Gasteiger partial charge in [0, 0.05) is 13.2 Å². The molecular formula is C17H13FN6O. The van der Waals surface area contributed by atoms with Crippen molar-refractivity contribution in [3.63, 3.8) is 0 Å². The number of hydrogen-bond donors (Lipinski definition) is 1. The van der Waals surface area contributed by atoms with Crippen molar-refractivity contribution >= 4 is 11.0 Å². The lowest BCUT2D eigenvalue weighted by atomic mass is 10.1. The van der Waals surface area contributed by atoms with Gasteiger partial charge < -0.3 is 4.42 Å². The summed E-state index contributed by atoms with van der Waals surface area (Å²) >= 11 is 0. The number of halogens is 1. The second-order valence-electron chi connectivity index (χ2n) is 5.52. The lowest BCUT2D eigenvalue weighted by Crippen LogP contribution is -2.15. The maximum absolute atomic E-state index is 13.0. The van der Waals surface area contributed by atoms with Gasteiger partial charge in [-0.3, -0.25) is 15.1 Å². The van der Waals surface area contributed by atoms with Gasteiger partial charge in [-0.15, -0.1) is 10.2 Å². The Morgan fingerprint density at radius 2 is 1.96 bits per heavy atom. The Hall–Kier alpha value is -3.42. The van der Waals surface area contributed by atoms with Crippen molar-refractivity contribution < 1.29 is 8.81 Å². The molecular weight excluding hydrogens is 323 g/mol. The SMILES string of the molecule is Cn1nc(-c2nnc(Cc3ccc(F)cc3)o2)c(=N)c2ncccc21. The van der Waals surface area contributed by atoms with E-state index in [0.29, 0.717) is 17.8 Å². The average Bonchev–Trinajstić information content (AvgIpc) is 3.08. The highest BCUT2D eigenvalue weighted by Crippen LogP contribution is 2.16. The van der Waals surface area contributed by atoms with Crippen LogP contribution in [-0.2, 0) is 13.5 Å². The van der Waals surface area contributed by atoms with Gasteiger partial charge >= 0.3 is 0 Å². The Labute approximate surface area is 141 Å². The van der Waals surface area contributed by atoms with E-state index < -0.39 is 0 Å². The van der Waals surface area contributed by atoms with Gasteiger partial charge in [-0.1, -0.05) is 12.1 Å². The summed E-state index contributed by atoms with van der Waals surface area (Å²) in [5.41, 5.74) is 2.36. The number of pyridine rings is 1. The molecule has 7 nitrogen and oxygen atoms in total. The first-order valence-electron chi connectivity index (χ1n) is 7.55. The molecule has 0 saturated heterocycles. The minimum Gasteiger partial charge on any atom is -0.419 e. The number of aryl methyl sites for hydroxylation is 1. The molecule has 4 rings (SSSR count). The summed E-state index contributed by atoms with van der Waals surface area (Å²) in [6.07, 6.45) is 2.00. The molecule has 0 radical (unpaired) electrons. The zero-order valence-electron chi connectivity index (χ0n) is 13.3. The molecule has 8 heteroatoms. The lowest BCUT2D eigenvalue weighted by Gasteiger charge is -2.05. The highest BCUT2D eigenvalue weighted by atomic mass is 19.1. The summed E-state index contributed by atoms with van der Waals surface area (Å²) in [6, 6.07) is 9.71. The van der Waals surface area contributed by atoms with E-state index in [9.17, 15) is 4.39 Å². The molecule has 0 unspecified atom stereocenters. The third-order valence-electron chi connectivity index (χ3n) is 3.80. The molecule has 25 heavy (non-hydrogen) atoms. The van der Waals surface area contributed by atoms with Gasteiger partial charge in [0.15, 0.2) is 5.69 Å². The number of rotatable bonds is 3. The maximum Gasteiger partial charge on any atom is 0.270 e. The number of nitrogens with zero attached hydrogens (tertiary/aromatic N) is 5. The maximum atomic E-state index is 13.0. The highest BCUT2D eigenvalue weighted by molar-refractivity contribution is 5.76. The molecule has 3 aromatic heterocycles. The molecule has 0 aliphatic heterocycles. The van der Waals surface area contributed by atoms with Crippen molar-refractivity contribution in [2.24, 2.45) is 7.05 Å². The molecule has 3 heterocycles. The van der Waals surface area contributed by atoms with Gasteiger partial charge in [0.05, 0.1) is 11.9 Å². The Balaban J connectivity index is 1.73. The molecule has 1 N–H and O–H groups in total. The first kappa shape index (κ1) is 15.1. The van der Waals surface area contributed by atoms with Crippen molar-refractivity contribution in [1.82, 2.24) is 25.0 Å². The molecule has 0 amide bonds. The fourth-order valence-corrected chi connectivity index (χ4v) is 2.56. The predicted molar refractivity (Wildman–Crippen MR) is 86.9 cm³/mol. The second-order valence-corrected chi connectivity index (χ2v) is 5.52. The van der Waals surface area contributed by atoms with Crippen LogP contribution >= 0.6 is 0 Å². The van der Waals surface area contributed by atoms with Crippen LogP contribution in [0.3, 0.4) is 0 Å². The topological polar surface area (TPSA) is 93.5 Å². The monoisotopic (exact) mass is 336 g/mol. The molecule has 1 aromatic carbocycles. The Kier molecular flexibility index (Phi) is 3.57. The molecule has 0 fully saturated rings. The summed E-state index contributed by atoms with van der Waals surface area (Å²) in [5, 5.41) is 20.8. The van der Waals surface area contributed by atoms with Crippen LogP contribution in [0.1, 0.15) is 11.5 Å². The lowest BCUT2D eigenvalue weighted by molar-refractivity contribution is 0.513. The first-order chi connectivity index (χ1) is 12.1. The molecule has 0 aliphatic carbocycles. The first-order valence-corrected chi connectivity index (χ1v) is 7.55. The number of fused-ring (bicyclic) bond motifs is 1. The quantitative estimate of drug-likeness (QED) is 0.619. The fraction of sp³-hybridized carbons (Fsp3) is 0.118. The summed E-state index contributed by atoms with van der Waals surface area (Å²) in [7, 11) is 1.77. The third kappa shape index (κ3) is 2.78. The predicted octanol–water partition coefficient (Wildman–Crippen LogP) is 2.23. The van der Waals surface area contributed by atoms with Crippen molar-refractivity contribution in [3.8, 4) is 11.6 Å². The van der Waals surface area contributed by atoms with Crippen LogP contribution in [0.5, 0.6) is 0 Å². The molecule has 0 aliphatic rings. The summed E-state index contributed by atoms with van der Waals surface area (Å²) in [6.45, 7) is 0. The molecule has 0 saturated carbocycles. The number of benzene rings is 1. The average molecular weight is 336 g/mol. The summed E-state index contributed by atoms with van der Waals surface area (Å²) in [4.78, 5) is 4.24. The fourth-order valence-electron chi connectivity index (χ4n) is 2.56. The van der Waals surface area contributed by atoms with E-state index in [1.807, 2.05) is 6.07 Å². The van der Waals surface area contributed by atoms with Gasteiger partial charge in [-0.05, 0) is 29.8 Å². The van der Waals surface area contributed by atoms with Crippen LogP contribution in [0.2, 0.25) is 0 Å². The van der Waals surface area contributed by atoms with E-state index in [1.54, 1.807) is 36.1 Å². The van der Waals surface area contributed by atoms with Crippen molar-refractivity contribution in [2.75, 3.05) is 0 Å². The standard InChI is InChI=1S/C17H13FN6O/c1-24-12-3-2-8-20-15(12)14(19)16(23-24)17-22-21-13(25-17)9-10-4-6-11(18)7-5-10/h2-8,19H,9H2,1H3. The van der Waals surface area contributed by atoms with E-state index in [-0.39, 0.29) is 22.8 Å². The van der Waals surface area contributed by atoms with Crippen molar-refractivity contribution in [1.29, 1.82) is 5.41 Å². The van der Waals surface area contributed by atoms with E-state index in [1.165, 1.54) is 12.1 Å². The molecule has 0 atom stereocenters. The molecule has 124 valence electrons. The summed E-state index contributed by atoms with van der Waals surface area (Å²) in [5.74, 6) is 0.228. The molecule has 0 spiro atoms. The van der Waals surface area contributed by atoms with Crippen LogP contribution in [-0.4, -0.2) is 25.0 Å². The minimum absolute atomic E-state index is 0.130. The van der Waals surface area contributed by atoms with Gasteiger partial charge in [0.25, 0.3) is 5.89 Å². The number of hydrogen-bond acceptors (Lipinski definition) is 6. The van der Waals surface area contributed by atoms with E-state index in [0.717, 1.165) is 11.1 Å². The molecule has 4 aromatic rings. The van der Waals surface area contributed by atoms with Gasteiger partial charge in [-0.25, -0.2) is 4.39 Å². The largest absolute Gasteiger partial charge is 0.419 e. The Bertz CT molecular complexity index is 1120. The van der Waals surface area contributed by atoms with Crippen LogP contribution in [0.15, 0.2) is 47.0 Å². The minimum atomic E-state index is -0.297. The van der Waals surface area contributed by atoms with E-state index >= 15 is 0 Å². The normalized spacial score (nSPS) is 11.1. The van der Waals surface area contributed by atoms with Gasteiger partial charge in [-0.2, -0.15) is 5.10 Å². The van der Waals surface area contributed by atoms with Gasteiger partial charge in [0.2, 0.25) is 5.89 Å². The molecule has 0 bridgehead atoms. The number of aromatic nitrogens is 5.